The molecule has 2 N–H and O–H groups in total. The first kappa shape index (κ1) is 19.3. The largest absolute Gasteiger partial charge is 0.304 e. The summed E-state index contributed by atoms with van der Waals surface area (Å²) < 4.78 is 40.5. The molecular formula is C18H21FN4O3S. The van der Waals surface area contributed by atoms with Gasteiger partial charge in [-0.2, -0.15) is 0 Å². The lowest BCUT2D eigenvalue weighted by Gasteiger charge is -2.32. The van der Waals surface area contributed by atoms with Crippen LogP contribution in [-0.4, -0.2) is 57.5 Å². The quantitative estimate of drug-likeness (QED) is 0.806. The lowest BCUT2D eigenvalue weighted by atomic mass is 10.2. The van der Waals surface area contributed by atoms with E-state index in [1.165, 1.54) is 18.2 Å². The number of hydrazine groups is 1. The van der Waals surface area contributed by atoms with Crippen LogP contribution in [0, 0.1) is 5.82 Å². The number of carbonyl (C=O) groups is 1. The third-order valence-electron chi connectivity index (χ3n) is 4.30. The number of sulfonamides is 1. The number of rotatable bonds is 5. The Kier molecular flexibility index (Phi) is 5.73. The smallest absolute Gasteiger partial charge is 0.267 e. The maximum Gasteiger partial charge on any atom is 0.267 e. The molecule has 2 aromatic carbocycles. The maximum atomic E-state index is 13.0. The molecule has 1 amide bonds. The second-order valence-electron chi connectivity index (χ2n) is 6.34. The number of hydrogen-bond donors (Lipinski definition) is 2. The van der Waals surface area contributed by atoms with Crippen molar-refractivity contribution in [1.82, 2.24) is 15.3 Å². The van der Waals surface area contributed by atoms with E-state index < -0.39 is 21.7 Å². The third kappa shape index (κ3) is 4.82. The SMILES string of the molecule is CN1CCN(NC(=O)c2ccccc2NS(=O)(=O)c2ccc(F)cc2)CC1. The lowest BCUT2D eigenvalue weighted by molar-refractivity contribution is 0.0663. The van der Waals surface area contributed by atoms with Gasteiger partial charge in [-0.1, -0.05) is 12.1 Å². The van der Waals surface area contributed by atoms with Crippen molar-refractivity contribution in [2.24, 2.45) is 0 Å². The van der Waals surface area contributed by atoms with Gasteiger partial charge < -0.3 is 4.90 Å². The van der Waals surface area contributed by atoms with Crippen LogP contribution in [0.5, 0.6) is 0 Å². The minimum absolute atomic E-state index is 0.0850. The van der Waals surface area contributed by atoms with Gasteiger partial charge in [0.25, 0.3) is 15.9 Å². The molecular weight excluding hydrogens is 371 g/mol. The number of carbonyl (C=O) groups excluding carboxylic acids is 1. The topological polar surface area (TPSA) is 81.8 Å². The fraction of sp³-hybridized carbons (Fsp3) is 0.278. The number of likely N-dealkylation sites (N-methyl/N-ethyl adjacent to an activating group) is 1. The zero-order chi connectivity index (χ0) is 19.4. The van der Waals surface area contributed by atoms with Crippen LogP contribution < -0.4 is 10.1 Å². The van der Waals surface area contributed by atoms with E-state index >= 15 is 0 Å². The third-order valence-corrected chi connectivity index (χ3v) is 5.68. The molecule has 0 spiro atoms. The highest BCUT2D eigenvalue weighted by molar-refractivity contribution is 7.92. The summed E-state index contributed by atoms with van der Waals surface area (Å²) in [5, 5.41) is 1.81. The summed E-state index contributed by atoms with van der Waals surface area (Å²) in [7, 11) is -1.93. The Morgan fingerprint density at radius 3 is 2.30 bits per heavy atom. The number of anilines is 1. The molecule has 1 aliphatic rings. The van der Waals surface area contributed by atoms with Crippen molar-refractivity contribution in [1.29, 1.82) is 0 Å². The van der Waals surface area contributed by atoms with E-state index in [1.54, 1.807) is 18.2 Å². The summed E-state index contributed by atoms with van der Waals surface area (Å²) in [5.41, 5.74) is 3.18. The molecule has 0 unspecified atom stereocenters. The summed E-state index contributed by atoms with van der Waals surface area (Å²) in [6, 6.07) is 10.8. The van der Waals surface area contributed by atoms with Crippen LogP contribution in [0.4, 0.5) is 10.1 Å². The predicted molar refractivity (Wildman–Crippen MR) is 100 cm³/mol. The first-order valence-corrected chi connectivity index (χ1v) is 9.95. The summed E-state index contributed by atoms with van der Waals surface area (Å²) in [5.74, 6) is -0.919. The zero-order valence-corrected chi connectivity index (χ0v) is 15.7. The van der Waals surface area contributed by atoms with Crippen molar-refractivity contribution in [3.8, 4) is 0 Å². The van der Waals surface area contributed by atoms with E-state index in [9.17, 15) is 17.6 Å². The minimum atomic E-state index is -3.94. The lowest BCUT2D eigenvalue weighted by Crippen LogP contribution is -2.52. The van der Waals surface area contributed by atoms with Crippen molar-refractivity contribution in [2.45, 2.75) is 4.90 Å². The molecule has 0 radical (unpaired) electrons. The molecule has 3 rings (SSSR count). The second-order valence-corrected chi connectivity index (χ2v) is 8.02. The van der Waals surface area contributed by atoms with Crippen molar-refractivity contribution in [2.75, 3.05) is 37.9 Å². The van der Waals surface area contributed by atoms with E-state index in [2.05, 4.69) is 15.0 Å². The van der Waals surface area contributed by atoms with Crippen LogP contribution in [-0.2, 0) is 10.0 Å². The Bertz CT molecular complexity index is 910. The van der Waals surface area contributed by atoms with E-state index in [1.807, 2.05) is 12.1 Å². The molecule has 1 aliphatic heterocycles. The number of piperazine rings is 1. The van der Waals surface area contributed by atoms with Gasteiger partial charge in [-0.15, -0.1) is 0 Å². The summed E-state index contributed by atoms with van der Waals surface area (Å²) >= 11 is 0. The van der Waals surface area contributed by atoms with E-state index in [0.29, 0.717) is 13.1 Å². The van der Waals surface area contributed by atoms with Crippen molar-refractivity contribution >= 4 is 21.6 Å². The molecule has 0 aromatic heterocycles. The first-order chi connectivity index (χ1) is 12.8. The average molecular weight is 392 g/mol. The molecule has 144 valence electrons. The highest BCUT2D eigenvalue weighted by Crippen LogP contribution is 2.20. The van der Waals surface area contributed by atoms with E-state index in [4.69, 9.17) is 0 Å². The molecule has 0 bridgehead atoms. The van der Waals surface area contributed by atoms with Gasteiger partial charge in [0.1, 0.15) is 5.82 Å². The van der Waals surface area contributed by atoms with Gasteiger partial charge >= 0.3 is 0 Å². The Balaban J connectivity index is 1.77. The summed E-state index contributed by atoms with van der Waals surface area (Å²) in [4.78, 5) is 14.7. The van der Waals surface area contributed by atoms with Crippen molar-refractivity contribution in [3.05, 3.63) is 59.9 Å². The van der Waals surface area contributed by atoms with E-state index in [-0.39, 0.29) is 16.1 Å². The van der Waals surface area contributed by atoms with Crippen molar-refractivity contribution in [3.63, 3.8) is 0 Å². The molecule has 0 atom stereocenters. The number of benzene rings is 2. The maximum absolute atomic E-state index is 13.0. The highest BCUT2D eigenvalue weighted by atomic mass is 32.2. The molecule has 0 saturated carbocycles. The van der Waals surface area contributed by atoms with Gasteiger partial charge in [-0.05, 0) is 43.4 Å². The molecule has 2 aromatic rings. The predicted octanol–water partition coefficient (Wildman–Crippen LogP) is 1.52. The number of hydrogen-bond acceptors (Lipinski definition) is 5. The standard InChI is InChI=1S/C18H21FN4O3S/c1-22-10-12-23(13-11-22)20-18(24)16-4-2-3-5-17(16)21-27(25,26)15-8-6-14(19)7-9-15/h2-9,21H,10-13H2,1H3,(H,20,24). The fourth-order valence-electron chi connectivity index (χ4n) is 2.71. The van der Waals surface area contributed by atoms with Crippen LogP contribution in [0.2, 0.25) is 0 Å². The van der Waals surface area contributed by atoms with Gasteiger partial charge in [-0.3, -0.25) is 14.9 Å². The second kappa shape index (κ2) is 8.03. The van der Waals surface area contributed by atoms with Gasteiger partial charge in [0, 0.05) is 26.2 Å². The number of nitrogens with zero attached hydrogens (tertiary/aromatic N) is 2. The van der Waals surface area contributed by atoms with Crippen molar-refractivity contribution < 1.29 is 17.6 Å². The molecule has 1 fully saturated rings. The molecule has 27 heavy (non-hydrogen) atoms. The fourth-order valence-corrected chi connectivity index (χ4v) is 3.79. The first-order valence-electron chi connectivity index (χ1n) is 8.47. The Labute approximate surface area is 157 Å². The Hall–Kier alpha value is -2.49. The van der Waals surface area contributed by atoms with Crippen LogP contribution >= 0.6 is 0 Å². The van der Waals surface area contributed by atoms with Crippen LogP contribution in [0.15, 0.2) is 53.4 Å². The Morgan fingerprint density at radius 1 is 1.00 bits per heavy atom. The molecule has 7 nitrogen and oxygen atoms in total. The summed E-state index contributed by atoms with van der Waals surface area (Å²) in [6.07, 6.45) is 0. The normalized spacial score (nSPS) is 16.1. The van der Waals surface area contributed by atoms with Gasteiger partial charge in [0.15, 0.2) is 0 Å². The van der Waals surface area contributed by atoms with Crippen LogP contribution in [0.1, 0.15) is 10.4 Å². The van der Waals surface area contributed by atoms with Gasteiger partial charge in [0.05, 0.1) is 16.1 Å². The highest BCUT2D eigenvalue weighted by Gasteiger charge is 2.21. The van der Waals surface area contributed by atoms with Gasteiger partial charge in [-0.25, -0.2) is 17.8 Å². The zero-order valence-electron chi connectivity index (χ0n) is 14.9. The number of nitrogens with one attached hydrogen (secondary N) is 2. The molecule has 1 saturated heterocycles. The minimum Gasteiger partial charge on any atom is -0.304 e. The number of halogens is 1. The summed E-state index contributed by atoms with van der Waals surface area (Å²) in [6.45, 7) is 3.04. The van der Waals surface area contributed by atoms with E-state index in [0.717, 1.165) is 25.2 Å². The number of amides is 1. The molecule has 9 heteroatoms. The van der Waals surface area contributed by atoms with Crippen LogP contribution in [0.3, 0.4) is 0 Å². The molecule has 0 aliphatic carbocycles. The van der Waals surface area contributed by atoms with Crippen LogP contribution in [0.25, 0.3) is 0 Å². The Morgan fingerprint density at radius 2 is 1.63 bits per heavy atom. The average Bonchev–Trinajstić information content (AvgIpc) is 2.64. The molecule has 1 heterocycles. The monoisotopic (exact) mass is 392 g/mol. The number of para-hydroxylation sites is 1. The van der Waals surface area contributed by atoms with Gasteiger partial charge in [0.2, 0.25) is 0 Å².